The summed E-state index contributed by atoms with van der Waals surface area (Å²) in [4.78, 5) is 12.2. The molecule has 2 aliphatic rings. The molecule has 5 heteroatoms. The first kappa shape index (κ1) is 14.2. The van der Waals surface area contributed by atoms with Gasteiger partial charge in [0.05, 0.1) is 0 Å². The molecule has 0 aromatic heterocycles. The number of carbonyl (C=O) groups is 1. The molecule has 5 nitrogen and oxygen atoms in total. The quantitative estimate of drug-likeness (QED) is 0.888. The van der Waals surface area contributed by atoms with Gasteiger partial charge in [-0.25, -0.2) is 0 Å². The summed E-state index contributed by atoms with van der Waals surface area (Å²) < 4.78 is 11.0. The molecule has 0 saturated heterocycles. The first-order valence-corrected chi connectivity index (χ1v) is 7.67. The third-order valence-corrected chi connectivity index (χ3v) is 4.30. The number of rotatable bonds is 3. The summed E-state index contributed by atoms with van der Waals surface area (Å²) in [5.41, 5.74) is 6.71. The molecule has 1 aliphatic heterocycles. The van der Waals surface area contributed by atoms with E-state index in [-0.39, 0.29) is 11.9 Å². The molecule has 1 saturated carbocycles. The number of fused-ring (bicyclic) bond motifs is 1. The number of ether oxygens (including phenoxy) is 2. The largest absolute Gasteiger partial charge is 0.486 e. The average molecular weight is 290 g/mol. The highest BCUT2D eigenvalue weighted by Gasteiger charge is 2.22. The van der Waals surface area contributed by atoms with Crippen LogP contribution in [-0.2, 0) is 0 Å². The maximum atomic E-state index is 12.2. The molecule has 1 aliphatic carbocycles. The SMILES string of the molecule is NC1CCCCC1CNC(=O)c1ccc2c(c1)OCCO2. The Hall–Kier alpha value is -1.75. The lowest BCUT2D eigenvalue weighted by atomic mass is 9.85. The van der Waals surface area contributed by atoms with Crippen molar-refractivity contribution >= 4 is 5.91 Å². The van der Waals surface area contributed by atoms with Gasteiger partial charge in [0, 0.05) is 18.2 Å². The Bertz CT molecular complexity index is 518. The van der Waals surface area contributed by atoms with Crippen molar-refractivity contribution in [1.82, 2.24) is 5.32 Å². The van der Waals surface area contributed by atoms with Crippen molar-refractivity contribution in [1.29, 1.82) is 0 Å². The van der Waals surface area contributed by atoms with E-state index in [9.17, 15) is 4.79 Å². The predicted octanol–water partition coefficient (Wildman–Crippen LogP) is 1.71. The van der Waals surface area contributed by atoms with Crippen molar-refractivity contribution in [2.75, 3.05) is 19.8 Å². The van der Waals surface area contributed by atoms with Crippen LogP contribution in [0.2, 0.25) is 0 Å². The highest BCUT2D eigenvalue weighted by molar-refractivity contribution is 5.94. The van der Waals surface area contributed by atoms with Gasteiger partial charge in [0.1, 0.15) is 13.2 Å². The van der Waals surface area contributed by atoms with E-state index in [2.05, 4.69) is 5.32 Å². The summed E-state index contributed by atoms with van der Waals surface area (Å²) in [6, 6.07) is 5.50. The number of benzene rings is 1. The van der Waals surface area contributed by atoms with Crippen LogP contribution in [0.1, 0.15) is 36.0 Å². The highest BCUT2D eigenvalue weighted by atomic mass is 16.6. The summed E-state index contributed by atoms with van der Waals surface area (Å²) in [5.74, 6) is 1.65. The third kappa shape index (κ3) is 3.29. The van der Waals surface area contributed by atoms with E-state index in [1.165, 1.54) is 12.8 Å². The number of hydrogen-bond donors (Lipinski definition) is 2. The van der Waals surface area contributed by atoms with Gasteiger partial charge in [0.2, 0.25) is 0 Å². The molecule has 0 spiro atoms. The molecule has 3 rings (SSSR count). The minimum atomic E-state index is -0.0789. The molecular weight excluding hydrogens is 268 g/mol. The van der Waals surface area contributed by atoms with Crippen LogP contribution in [0.5, 0.6) is 11.5 Å². The second kappa shape index (κ2) is 6.35. The number of hydrogen-bond acceptors (Lipinski definition) is 4. The van der Waals surface area contributed by atoms with Crippen molar-refractivity contribution in [3.05, 3.63) is 23.8 Å². The van der Waals surface area contributed by atoms with E-state index < -0.39 is 0 Å². The average Bonchev–Trinajstić information content (AvgIpc) is 2.53. The van der Waals surface area contributed by atoms with Crippen molar-refractivity contribution < 1.29 is 14.3 Å². The highest BCUT2D eigenvalue weighted by Crippen LogP contribution is 2.30. The van der Waals surface area contributed by atoms with Gasteiger partial charge in [-0.2, -0.15) is 0 Å². The minimum Gasteiger partial charge on any atom is -0.486 e. The summed E-state index contributed by atoms with van der Waals surface area (Å²) >= 11 is 0. The lowest BCUT2D eigenvalue weighted by Gasteiger charge is -2.28. The number of nitrogens with one attached hydrogen (secondary N) is 1. The summed E-state index contributed by atoms with van der Waals surface area (Å²) in [7, 11) is 0. The van der Waals surface area contributed by atoms with Gasteiger partial charge in [-0.1, -0.05) is 12.8 Å². The molecule has 1 fully saturated rings. The Morgan fingerprint density at radius 2 is 1.95 bits per heavy atom. The van der Waals surface area contributed by atoms with E-state index >= 15 is 0 Å². The van der Waals surface area contributed by atoms with Crippen LogP contribution >= 0.6 is 0 Å². The number of amides is 1. The molecule has 0 bridgehead atoms. The molecule has 1 aromatic carbocycles. The van der Waals surface area contributed by atoms with E-state index in [0.29, 0.717) is 42.7 Å². The Morgan fingerprint density at radius 3 is 2.76 bits per heavy atom. The van der Waals surface area contributed by atoms with Gasteiger partial charge < -0.3 is 20.5 Å². The molecule has 21 heavy (non-hydrogen) atoms. The first-order chi connectivity index (χ1) is 10.2. The second-order valence-electron chi connectivity index (χ2n) is 5.78. The summed E-state index contributed by atoms with van der Waals surface area (Å²) in [6.07, 6.45) is 4.57. The van der Waals surface area contributed by atoms with Crippen LogP contribution in [0.3, 0.4) is 0 Å². The normalized spacial score (nSPS) is 24.4. The molecule has 0 radical (unpaired) electrons. The van der Waals surface area contributed by atoms with Crippen LogP contribution in [0, 0.1) is 5.92 Å². The van der Waals surface area contributed by atoms with E-state index in [1.807, 2.05) is 0 Å². The van der Waals surface area contributed by atoms with E-state index in [0.717, 1.165) is 12.8 Å². The zero-order valence-corrected chi connectivity index (χ0v) is 12.1. The smallest absolute Gasteiger partial charge is 0.251 e. The Balaban J connectivity index is 1.60. The molecule has 2 unspecified atom stereocenters. The fourth-order valence-electron chi connectivity index (χ4n) is 3.00. The van der Waals surface area contributed by atoms with Gasteiger partial charge in [0.15, 0.2) is 11.5 Å². The number of carbonyl (C=O) groups excluding carboxylic acids is 1. The van der Waals surface area contributed by atoms with Crippen LogP contribution in [0.25, 0.3) is 0 Å². The van der Waals surface area contributed by atoms with Gasteiger partial charge >= 0.3 is 0 Å². The van der Waals surface area contributed by atoms with Gasteiger partial charge in [0.25, 0.3) is 5.91 Å². The van der Waals surface area contributed by atoms with Crippen molar-refractivity contribution in [2.45, 2.75) is 31.7 Å². The van der Waals surface area contributed by atoms with Crippen LogP contribution in [0.4, 0.5) is 0 Å². The first-order valence-electron chi connectivity index (χ1n) is 7.67. The third-order valence-electron chi connectivity index (χ3n) is 4.30. The molecule has 1 aromatic rings. The molecule has 2 atom stereocenters. The van der Waals surface area contributed by atoms with Gasteiger partial charge in [-0.05, 0) is 37.0 Å². The monoisotopic (exact) mass is 290 g/mol. The van der Waals surface area contributed by atoms with Crippen molar-refractivity contribution in [3.8, 4) is 11.5 Å². The van der Waals surface area contributed by atoms with Gasteiger partial charge in [-0.3, -0.25) is 4.79 Å². The standard InChI is InChI=1S/C16H22N2O3/c17-13-4-2-1-3-12(13)10-18-16(19)11-5-6-14-15(9-11)21-8-7-20-14/h5-6,9,12-13H,1-4,7-8,10,17H2,(H,18,19). The Kier molecular flexibility index (Phi) is 4.29. The number of nitrogens with two attached hydrogens (primary N) is 1. The fraction of sp³-hybridized carbons (Fsp3) is 0.562. The maximum Gasteiger partial charge on any atom is 0.251 e. The van der Waals surface area contributed by atoms with Crippen LogP contribution < -0.4 is 20.5 Å². The summed E-state index contributed by atoms with van der Waals surface area (Å²) in [6.45, 7) is 1.72. The Labute approximate surface area is 124 Å². The van der Waals surface area contributed by atoms with E-state index in [4.69, 9.17) is 15.2 Å². The molecule has 1 heterocycles. The zero-order valence-electron chi connectivity index (χ0n) is 12.1. The van der Waals surface area contributed by atoms with E-state index in [1.54, 1.807) is 18.2 Å². The van der Waals surface area contributed by atoms with Crippen molar-refractivity contribution in [3.63, 3.8) is 0 Å². The van der Waals surface area contributed by atoms with Crippen LogP contribution in [-0.4, -0.2) is 31.7 Å². The minimum absolute atomic E-state index is 0.0789. The van der Waals surface area contributed by atoms with Crippen LogP contribution in [0.15, 0.2) is 18.2 Å². The predicted molar refractivity (Wildman–Crippen MR) is 79.7 cm³/mol. The topological polar surface area (TPSA) is 73.6 Å². The molecule has 3 N–H and O–H groups in total. The lowest BCUT2D eigenvalue weighted by Crippen LogP contribution is -2.41. The maximum absolute atomic E-state index is 12.2. The zero-order chi connectivity index (χ0) is 14.7. The van der Waals surface area contributed by atoms with Gasteiger partial charge in [-0.15, -0.1) is 0 Å². The fourth-order valence-corrected chi connectivity index (χ4v) is 3.00. The molecule has 1 amide bonds. The summed E-state index contributed by atoms with van der Waals surface area (Å²) in [5, 5.41) is 2.99. The Morgan fingerprint density at radius 1 is 1.19 bits per heavy atom. The van der Waals surface area contributed by atoms with Crippen molar-refractivity contribution in [2.24, 2.45) is 11.7 Å². The second-order valence-corrected chi connectivity index (χ2v) is 5.78. The molecule has 114 valence electrons. The lowest BCUT2D eigenvalue weighted by molar-refractivity contribution is 0.0940. The molecular formula is C16H22N2O3.